The molecular formula is C10H18N2O2S. The molecule has 0 unspecified atom stereocenters. The van der Waals surface area contributed by atoms with Gasteiger partial charge in [-0.2, -0.15) is 4.31 Å². The van der Waals surface area contributed by atoms with E-state index < -0.39 is 10.0 Å². The summed E-state index contributed by atoms with van der Waals surface area (Å²) in [6, 6.07) is 0. The van der Waals surface area contributed by atoms with E-state index in [1.54, 1.807) is 0 Å². The Morgan fingerprint density at radius 1 is 1.47 bits per heavy atom. The van der Waals surface area contributed by atoms with Crippen molar-refractivity contribution in [3.05, 3.63) is 0 Å². The number of sulfonamides is 1. The van der Waals surface area contributed by atoms with E-state index in [0.717, 1.165) is 13.1 Å². The number of hydrogen-bond donors (Lipinski definition) is 1. The molecule has 86 valence electrons. The molecule has 0 bridgehead atoms. The van der Waals surface area contributed by atoms with E-state index in [1.807, 2.05) is 6.92 Å². The summed E-state index contributed by atoms with van der Waals surface area (Å²) in [5.41, 5.74) is 0. The minimum Gasteiger partial charge on any atom is -0.317 e. The van der Waals surface area contributed by atoms with Gasteiger partial charge in [-0.25, -0.2) is 8.42 Å². The number of hydrogen-bond acceptors (Lipinski definition) is 3. The fourth-order valence-corrected chi connectivity index (χ4v) is 3.66. The van der Waals surface area contributed by atoms with Gasteiger partial charge in [-0.05, 0) is 25.9 Å². The van der Waals surface area contributed by atoms with Crippen LogP contribution in [0.2, 0.25) is 0 Å². The molecule has 1 N–H and O–H groups in total. The van der Waals surface area contributed by atoms with Crippen molar-refractivity contribution in [3.8, 4) is 12.3 Å². The molecule has 0 radical (unpaired) electrons. The Morgan fingerprint density at radius 3 is 2.53 bits per heavy atom. The maximum atomic E-state index is 12.1. The van der Waals surface area contributed by atoms with Crippen molar-refractivity contribution in [2.24, 2.45) is 0 Å². The summed E-state index contributed by atoms with van der Waals surface area (Å²) in [6.07, 6.45) is 6.53. The summed E-state index contributed by atoms with van der Waals surface area (Å²) in [7, 11) is -3.19. The van der Waals surface area contributed by atoms with Gasteiger partial charge < -0.3 is 5.32 Å². The highest BCUT2D eigenvalue weighted by atomic mass is 32.2. The monoisotopic (exact) mass is 230 g/mol. The smallest absolute Gasteiger partial charge is 0.217 e. The maximum absolute atomic E-state index is 12.1. The van der Waals surface area contributed by atoms with Crippen LogP contribution in [0.3, 0.4) is 0 Å². The first-order valence-corrected chi connectivity index (χ1v) is 6.76. The number of rotatable bonds is 4. The number of nitrogens with zero attached hydrogens (tertiary/aromatic N) is 1. The van der Waals surface area contributed by atoms with Crippen LogP contribution >= 0.6 is 0 Å². The molecule has 4 nitrogen and oxygen atoms in total. The molecule has 1 aliphatic rings. The Morgan fingerprint density at radius 2 is 2.07 bits per heavy atom. The SMILES string of the molecule is C#CCN(CC)S(=O)(=O)C1CCNCC1. The average Bonchev–Trinajstić information content (AvgIpc) is 2.27. The van der Waals surface area contributed by atoms with Crippen molar-refractivity contribution in [1.82, 2.24) is 9.62 Å². The Balaban J connectivity index is 2.75. The number of terminal acetylenes is 1. The third-order valence-electron chi connectivity index (χ3n) is 2.69. The van der Waals surface area contributed by atoms with Crippen molar-refractivity contribution < 1.29 is 8.42 Å². The Labute approximate surface area is 92.1 Å². The number of piperidine rings is 1. The molecule has 0 aromatic heterocycles. The molecule has 15 heavy (non-hydrogen) atoms. The molecule has 0 aliphatic carbocycles. The van der Waals surface area contributed by atoms with E-state index in [4.69, 9.17) is 6.42 Å². The van der Waals surface area contributed by atoms with Crippen LogP contribution in [0.25, 0.3) is 0 Å². The van der Waals surface area contributed by atoms with E-state index in [2.05, 4.69) is 11.2 Å². The summed E-state index contributed by atoms with van der Waals surface area (Å²) >= 11 is 0. The van der Waals surface area contributed by atoms with Crippen LogP contribution in [-0.4, -0.2) is 44.2 Å². The molecule has 0 aromatic carbocycles. The lowest BCUT2D eigenvalue weighted by Gasteiger charge is -2.28. The molecule has 1 rings (SSSR count). The van der Waals surface area contributed by atoms with Crippen molar-refractivity contribution in [1.29, 1.82) is 0 Å². The third kappa shape index (κ3) is 2.94. The average molecular weight is 230 g/mol. The summed E-state index contributed by atoms with van der Waals surface area (Å²) in [5, 5.41) is 2.90. The van der Waals surface area contributed by atoms with E-state index >= 15 is 0 Å². The Bertz CT molecular complexity index is 326. The highest BCUT2D eigenvalue weighted by Crippen LogP contribution is 2.17. The molecular weight excluding hydrogens is 212 g/mol. The van der Waals surface area contributed by atoms with E-state index in [0.29, 0.717) is 19.4 Å². The second-order valence-corrected chi connectivity index (χ2v) is 5.84. The van der Waals surface area contributed by atoms with E-state index in [-0.39, 0.29) is 11.8 Å². The van der Waals surface area contributed by atoms with E-state index in [1.165, 1.54) is 4.31 Å². The lowest BCUT2D eigenvalue weighted by atomic mass is 10.2. The zero-order valence-electron chi connectivity index (χ0n) is 9.07. The summed E-state index contributed by atoms with van der Waals surface area (Å²) in [4.78, 5) is 0. The molecule has 0 aromatic rings. The highest BCUT2D eigenvalue weighted by molar-refractivity contribution is 7.89. The van der Waals surface area contributed by atoms with Crippen LogP contribution in [0.4, 0.5) is 0 Å². The predicted octanol–water partition coefficient (Wildman–Crippen LogP) is 0.0233. The summed E-state index contributed by atoms with van der Waals surface area (Å²) in [5.74, 6) is 2.40. The zero-order chi connectivity index (χ0) is 11.3. The quantitative estimate of drug-likeness (QED) is 0.693. The normalized spacial score (nSPS) is 19.0. The topological polar surface area (TPSA) is 49.4 Å². The van der Waals surface area contributed by atoms with Crippen molar-refractivity contribution >= 4 is 10.0 Å². The summed E-state index contributed by atoms with van der Waals surface area (Å²) < 4.78 is 25.6. The van der Waals surface area contributed by atoms with Crippen LogP contribution in [0, 0.1) is 12.3 Å². The van der Waals surface area contributed by atoms with Crippen LogP contribution in [0.5, 0.6) is 0 Å². The zero-order valence-corrected chi connectivity index (χ0v) is 9.89. The van der Waals surface area contributed by atoms with Crippen LogP contribution < -0.4 is 5.32 Å². The molecule has 0 saturated carbocycles. The van der Waals surface area contributed by atoms with Gasteiger partial charge in [0.25, 0.3) is 0 Å². The summed E-state index contributed by atoms with van der Waals surface area (Å²) in [6.45, 7) is 4.00. The molecule has 1 saturated heterocycles. The lowest BCUT2D eigenvalue weighted by molar-refractivity contribution is 0.427. The van der Waals surface area contributed by atoms with Gasteiger partial charge in [0.05, 0.1) is 11.8 Å². The first-order valence-electron chi connectivity index (χ1n) is 5.26. The van der Waals surface area contributed by atoms with Crippen LogP contribution in [0.1, 0.15) is 19.8 Å². The standard InChI is InChI=1S/C10H18N2O2S/c1-3-9-12(4-2)15(13,14)10-5-7-11-8-6-10/h1,10-11H,4-9H2,2H3. The Kier molecular flexibility index (Phi) is 4.58. The van der Waals surface area contributed by atoms with Crippen LogP contribution in [0.15, 0.2) is 0 Å². The molecule has 1 fully saturated rings. The van der Waals surface area contributed by atoms with Gasteiger partial charge in [-0.3, -0.25) is 0 Å². The van der Waals surface area contributed by atoms with Gasteiger partial charge in [0, 0.05) is 6.54 Å². The van der Waals surface area contributed by atoms with Crippen LogP contribution in [-0.2, 0) is 10.0 Å². The minimum atomic E-state index is -3.19. The second kappa shape index (κ2) is 5.50. The molecule has 1 aliphatic heterocycles. The van der Waals surface area contributed by atoms with Gasteiger partial charge in [-0.15, -0.1) is 6.42 Å². The van der Waals surface area contributed by atoms with Gasteiger partial charge in [0.1, 0.15) is 0 Å². The molecule has 0 amide bonds. The lowest BCUT2D eigenvalue weighted by Crippen LogP contribution is -2.44. The Hall–Kier alpha value is -0.570. The largest absolute Gasteiger partial charge is 0.317 e. The first kappa shape index (κ1) is 12.5. The highest BCUT2D eigenvalue weighted by Gasteiger charge is 2.31. The van der Waals surface area contributed by atoms with Gasteiger partial charge >= 0.3 is 0 Å². The fourth-order valence-electron chi connectivity index (χ4n) is 1.79. The van der Waals surface area contributed by atoms with E-state index in [9.17, 15) is 8.42 Å². The van der Waals surface area contributed by atoms with Gasteiger partial charge in [0.15, 0.2) is 0 Å². The molecule has 1 heterocycles. The number of nitrogens with one attached hydrogen (secondary N) is 1. The minimum absolute atomic E-state index is 0.183. The van der Waals surface area contributed by atoms with Crippen molar-refractivity contribution in [2.45, 2.75) is 25.0 Å². The predicted molar refractivity (Wildman–Crippen MR) is 60.9 cm³/mol. The first-order chi connectivity index (χ1) is 7.12. The fraction of sp³-hybridized carbons (Fsp3) is 0.800. The van der Waals surface area contributed by atoms with Crippen molar-refractivity contribution in [3.63, 3.8) is 0 Å². The van der Waals surface area contributed by atoms with Gasteiger partial charge in [0.2, 0.25) is 10.0 Å². The molecule has 0 spiro atoms. The maximum Gasteiger partial charge on any atom is 0.217 e. The van der Waals surface area contributed by atoms with Crippen molar-refractivity contribution in [2.75, 3.05) is 26.2 Å². The molecule has 5 heteroatoms. The molecule has 0 atom stereocenters. The third-order valence-corrected chi connectivity index (χ3v) is 5.11. The second-order valence-electron chi connectivity index (χ2n) is 3.62. The van der Waals surface area contributed by atoms with Gasteiger partial charge in [-0.1, -0.05) is 12.8 Å².